The molecule has 0 bridgehead atoms. The number of alkyl carbamates (subject to hydrolysis) is 1. The summed E-state index contributed by atoms with van der Waals surface area (Å²) in [6, 6.07) is 7.25. The third-order valence-electron chi connectivity index (χ3n) is 2.48. The fraction of sp³-hybridized carbons (Fsp3) is 0.533. The summed E-state index contributed by atoms with van der Waals surface area (Å²) < 4.78 is 10.5. The van der Waals surface area contributed by atoms with Crippen LogP contribution in [0.3, 0.4) is 0 Å². The minimum absolute atomic E-state index is 0.279. The second-order valence-corrected chi connectivity index (χ2v) is 5.49. The average molecular weight is 280 g/mol. The molecule has 0 fully saturated rings. The molecule has 1 atom stereocenters. The van der Waals surface area contributed by atoms with Gasteiger partial charge in [-0.3, -0.25) is 0 Å². The van der Waals surface area contributed by atoms with Gasteiger partial charge in [0, 0.05) is 12.6 Å². The molecule has 1 amide bonds. The van der Waals surface area contributed by atoms with Crippen molar-refractivity contribution >= 4 is 6.09 Å². The lowest BCUT2D eigenvalue weighted by molar-refractivity contribution is 0.0524. The quantitative estimate of drug-likeness (QED) is 0.869. The first-order valence-corrected chi connectivity index (χ1v) is 6.77. The van der Waals surface area contributed by atoms with Gasteiger partial charge in [0.25, 0.3) is 0 Å². The average Bonchev–Trinajstić information content (AvgIpc) is 2.35. The molecule has 0 aliphatic heterocycles. The molecular formula is C15H24N2O3. The first-order valence-electron chi connectivity index (χ1n) is 6.77. The van der Waals surface area contributed by atoms with Gasteiger partial charge >= 0.3 is 6.09 Å². The Labute approximate surface area is 120 Å². The van der Waals surface area contributed by atoms with Crippen molar-refractivity contribution < 1.29 is 14.3 Å². The summed E-state index contributed by atoms with van der Waals surface area (Å²) in [7, 11) is 0. The number of benzene rings is 1. The molecule has 0 saturated carbocycles. The molecule has 0 radical (unpaired) electrons. The maximum atomic E-state index is 11.5. The molecule has 20 heavy (non-hydrogen) atoms. The van der Waals surface area contributed by atoms with E-state index >= 15 is 0 Å². The van der Waals surface area contributed by atoms with Crippen LogP contribution in [0.1, 0.15) is 39.3 Å². The van der Waals surface area contributed by atoms with Crippen LogP contribution in [0.5, 0.6) is 5.75 Å². The highest BCUT2D eigenvalue weighted by Gasteiger charge is 2.16. The molecule has 1 aromatic rings. The SMILES string of the molecule is CCOc1ccc(C(N)CNC(=O)OC(C)(C)C)cc1. The fourth-order valence-electron chi connectivity index (χ4n) is 1.60. The molecular weight excluding hydrogens is 256 g/mol. The molecule has 1 aromatic carbocycles. The third-order valence-corrected chi connectivity index (χ3v) is 2.48. The molecule has 5 heteroatoms. The molecule has 0 aliphatic rings. The maximum Gasteiger partial charge on any atom is 0.407 e. The van der Waals surface area contributed by atoms with Crippen molar-refractivity contribution in [1.29, 1.82) is 0 Å². The topological polar surface area (TPSA) is 73.6 Å². The molecule has 112 valence electrons. The van der Waals surface area contributed by atoms with E-state index in [9.17, 15) is 4.79 Å². The Balaban J connectivity index is 2.46. The lowest BCUT2D eigenvalue weighted by Gasteiger charge is -2.21. The molecule has 3 N–H and O–H groups in total. The van der Waals surface area contributed by atoms with E-state index in [1.54, 1.807) is 0 Å². The number of rotatable bonds is 5. The van der Waals surface area contributed by atoms with Gasteiger partial charge in [0.2, 0.25) is 0 Å². The number of hydrogen-bond donors (Lipinski definition) is 2. The van der Waals surface area contributed by atoms with Crippen molar-refractivity contribution in [2.45, 2.75) is 39.3 Å². The largest absolute Gasteiger partial charge is 0.494 e. The van der Waals surface area contributed by atoms with Gasteiger partial charge in [0.05, 0.1) is 6.61 Å². The summed E-state index contributed by atoms with van der Waals surface area (Å²) in [6.07, 6.45) is -0.459. The molecule has 5 nitrogen and oxygen atoms in total. The van der Waals surface area contributed by atoms with Gasteiger partial charge in [-0.1, -0.05) is 12.1 Å². The lowest BCUT2D eigenvalue weighted by atomic mass is 10.1. The van der Waals surface area contributed by atoms with E-state index in [1.807, 2.05) is 52.0 Å². The molecule has 0 aromatic heterocycles. The summed E-state index contributed by atoms with van der Waals surface area (Å²) in [4.78, 5) is 11.5. The van der Waals surface area contributed by atoms with E-state index in [2.05, 4.69) is 5.32 Å². The van der Waals surface area contributed by atoms with Crippen LogP contribution in [-0.4, -0.2) is 24.8 Å². The van der Waals surface area contributed by atoms with Crippen LogP contribution in [-0.2, 0) is 4.74 Å². The maximum absolute atomic E-state index is 11.5. The van der Waals surface area contributed by atoms with E-state index in [4.69, 9.17) is 15.2 Å². The number of nitrogens with two attached hydrogens (primary N) is 1. The number of nitrogens with one attached hydrogen (secondary N) is 1. The normalized spacial score (nSPS) is 12.7. The molecule has 0 saturated heterocycles. The summed E-state index contributed by atoms with van der Waals surface area (Å²) in [5, 5.41) is 2.66. The van der Waals surface area contributed by atoms with Crippen molar-refractivity contribution in [2.75, 3.05) is 13.2 Å². The van der Waals surface area contributed by atoms with Gasteiger partial charge in [-0.15, -0.1) is 0 Å². The van der Waals surface area contributed by atoms with Gasteiger partial charge in [0.1, 0.15) is 11.4 Å². The number of carbonyl (C=O) groups excluding carboxylic acids is 1. The van der Waals surface area contributed by atoms with E-state index in [0.717, 1.165) is 11.3 Å². The van der Waals surface area contributed by atoms with Crippen LogP contribution in [0.4, 0.5) is 4.79 Å². The minimum atomic E-state index is -0.507. The van der Waals surface area contributed by atoms with Crippen molar-refractivity contribution in [1.82, 2.24) is 5.32 Å². The lowest BCUT2D eigenvalue weighted by Crippen LogP contribution is -2.36. The van der Waals surface area contributed by atoms with Gasteiger partial charge in [-0.05, 0) is 45.4 Å². The number of ether oxygens (including phenoxy) is 2. The minimum Gasteiger partial charge on any atom is -0.494 e. The van der Waals surface area contributed by atoms with Crippen LogP contribution < -0.4 is 15.8 Å². The summed E-state index contributed by atoms with van der Waals surface area (Å²) in [6.45, 7) is 8.34. The predicted octanol–water partition coefficient (Wildman–Crippen LogP) is 2.61. The molecule has 1 unspecified atom stereocenters. The molecule has 0 spiro atoms. The fourth-order valence-corrected chi connectivity index (χ4v) is 1.60. The zero-order valence-electron chi connectivity index (χ0n) is 12.6. The first kappa shape index (κ1) is 16.3. The summed E-state index contributed by atoms with van der Waals surface area (Å²) in [5.74, 6) is 0.809. The van der Waals surface area contributed by atoms with E-state index in [-0.39, 0.29) is 6.04 Å². The van der Waals surface area contributed by atoms with Crippen LogP contribution in [0.25, 0.3) is 0 Å². The number of hydrogen-bond acceptors (Lipinski definition) is 4. The Morgan fingerprint density at radius 1 is 1.30 bits per heavy atom. The second-order valence-electron chi connectivity index (χ2n) is 5.49. The highest BCUT2D eigenvalue weighted by atomic mass is 16.6. The highest BCUT2D eigenvalue weighted by Crippen LogP contribution is 2.16. The van der Waals surface area contributed by atoms with E-state index in [0.29, 0.717) is 13.2 Å². The number of amides is 1. The summed E-state index contributed by atoms with van der Waals surface area (Å²) >= 11 is 0. The van der Waals surface area contributed by atoms with Crippen molar-refractivity contribution in [2.24, 2.45) is 5.73 Å². The first-order chi connectivity index (χ1) is 9.31. The van der Waals surface area contributed by atoms with E-state index in [1.165, 1.54) is 0 Å². The van der Waals surface area contributed by atoms with Crippen molar-refractivity contribution in [3.8, 4) is 5.75 Å². The monoisotopic (exact) mass is 280 g/mol. The zero-order chi connectivity index (χ0) is 15.2. The van der Waals surface area contributed by atoms with Gasteiger partial charge in [-0.25, -0.2) is 4.79 Å². The Morgan fingerprint density at radius 2 is 1.90 bits per heavy atom. The molecule has 0 heterocycles. The molecule has 1 rings (SSSR count). The van der Waals surface area contributed by atoms with Crippen molar-refractivity contribution in [3.05, 3.63) is 29.8 Å². The summed E-state index contributed by atoms with van der Waals surface area (Å²) in [5.41, 5.74) is 6.45. The standard InChI is InChI=1S/C15H24N2O3/c1-5-19-12-8-6-11(7-9-12)13(16)10-17-14(18)20-15(2,3)4/h6-9,13H,5,10,16H2,1-4H3,(H,17,18). The van der Waals surface area contributed by atoms with Crippen LogP contribution in [0.2, 0.25) is 0 Å². The van der Waals surface area contributed by atoms with Crippen LogP contribution >= 0.6 is 0 Å². The Hall–Kier alpha value is -1.75. The Morgan fingerprint density at radius 3 is 2.40 bits per heavy atom. The van der Waals surface area contributed by atoms with Crippen LogP contribution in [0.15, 0.2) is 24.3 Å². The predicted molar refractivity (Wildman–Crippen MR) is 78.8 cm³/mol. The number of carbonyl (C=O) groups is 1. The second kappa shape index (κ2) is 7.14. The van der Waals surface area contributed by atoms with Crippen molar-refractivity contribution in [3.63, 3.8) is 0 Å². The van der Waals surface area contributed by atoms with Gasteiger partial charge in [-0.2, -0.15) is 0 Å². The zero-order valence-corrected chi connectivity index (χ0v) is 12.6. The highest BCUT2D eigenvalue weighted by molar-refractivity contribution is 5.67. The Bertz CT molecular complexity index is 424. The third kappa shape index (κ3) is 5.93. The van der Waals surface area contributed by atoms with Gasteiger partial charge < -0.3 is 20.5 Å². The van der Waals surface area contributed by atoms with Crippen LogP contribution in [0, 0.1) is 0 Å². The smallest absolute Gasteiger partial charge is 0.407 e. The molecule has 0 aliphatic carbocycles. The van der Waals surface area contributed by atoms with E-state index < -0.39 is 11.7 Å². The Kier molecular flexibility index (Phi) is 5.82. The van der Waals surface area contributed by atoms with Gasteiger partial charge in [0.15, 0.2) is 0 Å².